The van der Waals surface area contributed by atoms with Crippen LogP contribution in [0.3, 0.4) is 0 Å². The van der Waals surface area contributed by atoms with Crippen molar-refractivity contribution in [1.29, 1.82) is 0 Å². The number of carbonyl (C=O) groups excluding carboxylic acids is 2. The first-order valence-electron chi connectivity index (χ1n) is 9.22. The van der Waals surface area contributed by atoms with E-state index in [0.717, 1.165) is 24.0 Å². The summed E-state index contributed by atoms with van der Waals surface area (Å²) in [6.45, 7) is 8.12. The average molecular weight is 369 g/mol. The summed E-state index contributed by atoms with van der Waals surface area (Å²) in [5.74, 6) is 0.0783. The number of unbranched alkanes of at least 4 members (excludes halogenated alkanes) is 1. The fraction of sp³-hybridized carbons (Fsp3) is 0.364. The molecule has 0 saturated heterocycles. The third-order valence-corrected chi connectivity index (χ3v) is 4.12. The smallest absolute Gasteiger partial charge is 0.338 e. The zero-order chi connectivity index (χ0) is 19.8. The van der Waals surface area contributed by atoms with Crippen LogP contribution in [-0.4, -0.2) is 24.6 Å². The number of hydrogen-bond donors (Lipinski definition) is 1. The van der Waals surface area contributed by atoms with Crippen LogP contribution in [0, 0.1) is 13.8 Å². The Morgan fingerprint density at radius 2 is 1.78 bits per heavy atom. The molecule has 2 aromatic rings. The molecule has 144 valence electrons. The highest BCUT2D eigenvalue weighted by molar-refractivity contribution is 5.95. The van der Waals surface area contributed by atoms with Crippen molar-refractivity contribution in [3.05, 3.63) is 59.2 Å². The zero-order valence-electron chi connectivity index (χ0n) is 16.4. The summed E-state index contributed by atoms with van der Waals surface area (Å²) in [7, 11) is 0. The molecular weight excluding hydrogens is 342 g/mol. The third-order valence-electron chi connectivity index (χ3n) is 4.12. The molecule has 0 radical (unpaired) electrons. The van der Waals surface area contributed by atoms with Gasteiger partial charge in [-0.25, -0.2) is 4.79 Å². The summed E-state index contributed by atoms with van der Waals surface area (Å²) in [5, 5.41) is 2.80. The van der Waals surface area contributed by atoms with Gasteiger partial charge in [0, 0.05) is 5.69 Å². The molecule has 1 amide bonds. The van der Waals surface area contributed by atoms with Gasteiger partial charge in [0.15, 0.2) is 6.10 Å². The molecule has 0 aliphatic rings. The summed E-state index contributed by atoms with van der Waals surface area (Å²) < 4.78 is 10.9. The van der Waals surface area contributed by atoms with Gasteiger partial charge in [-0.1, -0.05) is 31.0 Å². The maximum atomic E-state index is 12.4. The van der Waals surface area contributed by atoms with Crippen molar-refractivity contribution in [1.82, 2.24) is 0 Å². The molecule has 0 aliphatic carbocycles. The van der Waals surface area contributed by atoms with Gasteiger partial charge in [0.2, 0.25) is 0 Å². The molecular formula is C22H27NO4. The number of hydrogen-bond acceptors (Lipinski definition) is 4. The maximum Gasteiger partial charge on any atom is 0.338 e. The van der Waals surface area contributed by atoms with Crippen LogP contribution in [0.2, 0.25) is 0 Å². The Morgan fingerprint density at radius 3 is 2.41 bits per heavy atom. The molecule has 5 nitrogen and oxygen atoms in total. The summed E-state index contributed by atoms with van der Waals surface area (Å²) in [4.78, 5) is 24.3. The van der Waals surface area contributed by atoms with E-state index >= 15 is 0 Å². The molecule has 1 N–H and O–H groups in total. The van der Waals surface area contributed by atoms with Crippen molar-refractivity contribution >= 4 is 17.6 Å². The maximum absolute atomic E-state index is 12.4. The van der Waals surface area contributed by atoms with Crippen LogP contribution in [0.5, 0.6) is 5.75 Å². The molecule has 0 aliphatic heterocycles. The lowest BCUT2D eigenvalue weighted by Crippen LogP contribution is -2.30. The van der Waals surface area contributed by atoms with Gasteiger partial charge in [-0.05, 0) is 63.1 Å². The van der Waals surface area contributed by atoms with Crippen molar-refractivity contribution in [2.75, 3.05) is 11.9 Å². The number of nitrogens with one attached hydrogen (secondary N) is 1. The van der Waals surface area contributed by atoms with E-state index in [1.807, 2.05) is 39.0 Å². The van der Waals surface area contributed by atoms with E-state index in [9.17, 15) is 9.59 Å². The Morgan fingerprint density at radius 1 is 1.07 bits per heavy atom. The first-order valence-corrected chi connectivity index (χ1v) is 9.22. The topological polar surface area (TPSA) is 64.6 Å². The molecule has 0 aromatic heterocycles. The number of rotatable bonds is 8. The minimum Gasteiger partial charge on any atom is -0.481 e. The average Bonchev–Trinajstić information content (AvgIpc) is 2.64. The Hall–Kier alpha value is -2.82. The summed E-state index contributed by atoms with van der Waals surface area (Å²) >= 11 is 0. The lowest BCUT2D eigenvalue weighted by Gasteiger charge is -2.16. The molecule has 2 rings (SSSR count). The SMILES string of the molecule is CCCCOC(=O)c1ccc(NC(=O)[C@@H](C)Oc2ccc(C)cc2C)cc1. The molecule has 0 spiro atoms. The number of carbonyl (C=O) groups is 2. The van der Waals surface area contributed by atoms with Crippen molar-refractivity contribution in [3.8, 4) is 5.75 Å². The van der Waals surface area contributed by atoms with E-state index in [1.54, 1.807) is 31.2 Å². The van der Waals surface area contributed by atoms with Crippen molar-refractivity contribution in [2.24, 2.45) is 0 Å². The van der Waals surface area contributed by atoms with Gasteiger partial charge in [0.25, 0.3) is 5.91 Å². The second kappa shape index (κ2) is 9.76. The quantitative estimate of drug-likeness (QED) is 0.543. The Kier molecular flexibility index (Phi) is 7.41. The van der Waals surface area contributed by atoms with Gasteiger partial charge in [0.05, 0.1) is 12.2 Å². The van der Waals surface area contributed by atoms with E-state index in [2.05, 4.69) is 5.32 Å². The van der Waals surface area contributed by atoms with Gasteiger partial charge < -0.3 is 14.8 Å². The van der Waals surface area contributed by atoms with Gasteiger partial charge >= 0.3 is 5.97 Å². The van der Waals surface area contributed by atoms with Gasteiger partial charge in [-0.2, -0.15) is 0 Å². The lowest BCUT2D eigenvalue weighted by molar-refractivity contribution is -0.122. The van der Waals surface area contributed by atoms with E-state index in [1.165, 1.54) is 0 Å². The second-order valence-corrected chi connectivity index (χ2v) is 6.59. The fourth-order valence-corrected chi connectivity index (χ4v) is 2.50. The van der Waals surface area contributed by atoms with Crippen molar-refractivity contribution in [3.63, 3.8) is 0 Å². The van der Waals surface area contributed by atoms with Crippen molar-refractivity contribution in [2.45, 2.75) is 46.6 Å². The van der Waals surface area contributed by atoms with E-state index < -0.39 is 6.10 Å². The van der Waals surface area contributed by atoms with Crippen LogP contribution < -0.4 is 10.1 Å². The molecule has 2 aromatic carbocycles. The van der Waals surface area contributed by atoms with Gasteiger partial charge in [-0.15, -0.1) is 0 Å². The van der Waals surface area contributed by atoms with Crippen LogP contribution in [0.4, 0.5) is 5.69 Å². The predicted molar refractivity (Wildman–Crippen MR) is 106 cm³/mol. The monoisotopic (exact) mass is 369 g/mol. The standard InChI is InChI=1S/C22H27NO4/c1-5-6-13-26-22(25)18-8-10-19(11-9-18)23-21(24)17(4)27-20-12-7-15(2)14-16(20)3/h7-12,14,17H,5-6,13H2,1-4H3,(H,23,24)/t17-/m1/s1. The summed E-state index contributed by atoms with van der Waals surface area (Å²) in [6.07, 6.45) is 1.17. The molecule has 27 heavy (non-hydrogen) atoms. The molecule has 1 atom stereocenters. The zero-order valence-corrected chi connectivity index (χ0v) is 16.4. The normalized spacial score (nSPS) is 11.6. The number of anilines is 1. The Bertz CT molecular complexity index is 783. The van der Waals surface area contributed by atoms with Crippen LogP contribution in [-0.2, 0) is 9.53 Å². The van der Waals surface area contributed by atoms with Crippen LogP contribution in [0.15, 0.2) is 42.5 Å². The number of aryl methyl sites for hydroxylation is 2. The van der Waals surface area contributed by atoms with E-state index in [4.69, 9.17) is 9.47 Å². The van der Waals surface area contributed by atoms with E-state index in [-0.39, 0.29) is 11.9 Å². The highest BCUT2D eigenvalue weighted by Crippen LogP contribution is 2.20. The Balaban J connectivity index is 1.91. The number of amides is 1. The lowest BCUT2D eigenvalue weighted by atomic mass is 10.1. The molecule has 0 fully saturated rings. The molecule has 0 saturated carbocycles. The number of ether oxygens (including phenoxy) is 2. The first-order chi connectivity index (χ1) is 12.9. The number of esters is 1. The summed E-state index contributed by atoms with van der Waals surface area (Å²) in [6, 6.07) is 12.5. The van der Waals surface area contributed by atoms with Gasteiger partial charge in [0.1, 0.15) is 5.75 Å². The molecule has 0 bridgehead atoms. The largest absolute Gasteiger partial charge is 0.481 e. The minimum atomic E-state index is -0.648. The molecule has 0 heterocycles. The van der Waals surface area contributed by atoms with Crippen LogP contribution in [0.25, 0.3) is 0 Å². The molecule has 5 heteroatoms. The number of benzene rings is 2. The second-order valence-electron chi connectivity index (χ2n) is 6.59. The Labute approximate surface area is 160 Å². The van der Waals surface area contributed by atoms with Gasteiger partial charge in [-0.3, -0.25) is 4.79 Å². The summed E-state index contributed by atoms with van der Waals surface area (Å²) in [5.41, 5.74) is 3.19. The predicted octanol–water partition coefficient (Wildman–Crippen LogP) is 4.67. The minimum absolute atomic E-state index is 0.256. The first kappa shape index (κ1) is 20.5. The third kappa shape index (κ3) is 6.13. The highest BCUT2D eigenvalue weighted by Gasteiger charge is 2.16. The van der Waals surface area contributed by atoms with Crippen molar-refractivity contribution < 1.29 is 19.1 Å². The fourth-order valence-electron chi connectivity index (χ4n) is 2.50. The van der Waals surface area contributed by atoms with Crippen LogP contribution in [0.1, 0.15) is 48.2 Å². The molecule has 0 unspecified atom stereocenters. The van der Waals surface area contributed by atoms with Crippen LogP contribution >= 0.6 is 0 Å². The van der Waals surface area contributed by atoms with E-state index in [0.29, 0.717) is 23.6 Å². The highest BCUT2D eigenvalue weighted by atomic mass is 16.5.